The Morgan fingerprint density at radius 2 is 1.75 bits per heavy atom. The predicted molar refractivity (Wildman–Crippen MR) is 101 cm³/mol. The van der Waals surface area contributed by atoms with Crippen molar-refractivity contribution in [1.82, 2.24) is 10.2 Å². The Labute approximate surface area is 160 Å². The zero-order valence-electron chi connectivity index (χ0n) is 13.6. The van der Waals surface area contributed by atoms with Gasteiger partial charge >= 0.3 is 0 Å². The van der Waals surface area contributed by atoms with E-state index in [4.69, 9.17) is 11.6 Å². The number of phenolic OH excluding ortho intramolecular Hbond substituents is 1. The standard InChI is InChI=1S/C17H24ClFN2O.2ClH/c18-13-6-7-14(19)15(17(13)22)16(12-4-2-1-3-5-12)21-10-8-20-9-11-21;;/h6-7,12,16,20,22H,1-5,8-11H2;2*1H/t16-;;/m1../s1. The second-order valence-electron chi connectivity index (χ2n) is 6.42. The van der Waals surface area contributed by atoms with Gasteiger partial charge in [0, 0.05) is 37.8 Å². The number of piperazine rings is 1. The first-order valence-electron chi connectivity index (χ1n) is 8.30. The number of hydrogen-bond acceptors (Lipinski definition) is 3. The van der Waals surface area contributed by atoms with Gasteiger partial charge in [0.2, 0.25) is 0 Å². The minimum atomic E-state index is -0.337. The Hall–Kier alpha value is -0.260. The van der Waals surface area contributed by atoms with Crippen molar-refractivity contribution in [3.05, 3.63) is 28.5 Å². The van der Waals surface area contributed by atoms with Crippen molar-refractivity contribution in [3.63, 3.8) is 0 Å². The van der Waals surface area contributed by atoms with Crippen LogP contribution in [0.1, 0.15) is 43.7 Å². The fourth-order valence-corrected chi connectivity index (χ4v) is 4.13. The molecule has 1 aromatic rings. The molecule has 0 amide bonds. The molecular weight excluding hydrogens is 374 g/mol. The molecule has 1 aliphatic carbocycles. The second-order valence-corrected chi connectivity index (χ2v) is 6.83. The van der Waals surface area contributed by atoms with E-state index in [1.165, 1.54) is 31.4 Å². The Morgan fingerprint density at radius 1 is 1.12 bits per heavy atom. The number of hydrogen-bond donors (Lipinski definition) is 2. The van der Waals surface area contributed by atoms with Crippen molar-refractivity contribution < 1.29 is 9.50 Å². The van der Waals surface area contributed by atoms with Gasteiger partial charge < -0.3 is 10.4 Å². The molecule has 1 atom stereocenters. The molecule has 1 heterocycles. The van der Waals surface area contributed by atoms with Gasteiger partial charge in [0.1, 0.15) is 11.6 Å². The monoisotopic (exact) mass is 398 g/mol. The summed E-state index contributed by atoms with van der Waals surface area (Å²) in [6, 6.07) is 2.75. The summed E-state index contributed by atoms with van der Waals surface area (Å²) >= 11 is 6.06. The van der Waals surface area contributed by atoms with E-state index in [2.05, 4.69) is 10.2 Å². The van der Waals surface area contributed by atoms with Crippen LogP contribution in [0.4, 0.5) is 4.39 Å². The molecule has 1 saturated heterocycles. The third-order valence-corrected chi connectivity index (χ3v) is 5.36. The summed E-state index contributed by atoms with van der Waals surface area (Å²) in [4.78, 5) is 2.32. The molecule has 3 nitrogen and oxygen atoms in total. The highest BCUT2D eigenvalue weighted by Crippen LogP contribution is 2.44. The van der Waals surface area contributed by atoms with E-state index in [0.717, 1.165) is 39.0 Å². The lowest BCUT2D eigenvalue weighted by Crippen LogP contribution is -2.47. The van der Waals surface area contributed by atoms with Gasteiger partial charge in [-0.2, -0.15) is 0 Å². The highest BCUT2D eigenvalue weighted by molar-refractivity contribution is 6.32. The van der Waals surface area contributed by atoms with E-state index < -0.39 is 0 Å². The van der Waals surface area contributed by atoms with Crippen molar-refractivity contribution in [2.45, 2.75) is 38.1 Å². The summed E-state index contributed by atoms with van der Waals surface area (Å²) in [5.74, 6) is -0.0162. The number of nitrogens with one attached hydrogen (secondary N) is 1. The maximum Gasteiger partial charge on any atom is 0.141 e. The topological polar surface area (TPSA) is 35.5 Å². The Balaban J connectivity index is 0.00000144. The molecular formula is C17H26Cl3FN2O. The third-order valence-electron chi connectivity index (χ3n) is 5.05. The molecule has 1 aromatic carbocycles. The van der Waals surface area contributed by atoms with Crippen LogP contribution in [0.5, 0.6) is 5.75 Å². The van der Waals surface area contributed by atoms with E-state index in [0.29, 0.717) is 11.5 Å². The molecule has 1 saturated carbocycles. The van der Waals surface area contributed by atoms with Gasteiger partial charge in [-0.15, -0.1) is 24.8 Å². The average Bonchev–Trinajstić information content (AvgIpc) is 2.57. The Kier molecular flexibility index (Phi) is 9.10. The third kappa shape index (κ3) is 4.67. The number of nitrogens with zero attached hydrogens (tertiary/aromatic N) is 1. The normalized spacial score (nSPS) is 20.8. The van der Waals surface area contributed by atoms with Crippen LogP contribution < -0.4 is 5.32 Å². The average molecular weight is 400 g/mol. The zero-order chi connectivity index (χ0) is 15.5. The molecule has 0 bridgehead atoms. The minimum Gasteiger partial charge on any atom is -0.506 e. The first-order chi connectivity index (χ1) is 10.7. The van der Waals surface area contributed by atoms with E-state index in [-0.39, 0.29) is 47.4 Å². The van der Waals surface area contributed by atoms with Gasteiger partial charge in [0.15, 0.2) is 0 Å². The molecule has 2 fully saturated rings. The van der Waals surface area contributed by atoms with Crippen LogP contribution in [0.25, 0.3) is 0 Å². The van der Waals surface area contributed by atoms with Gasteiger partial charge in [0.05, 0.1) is 5.02 Å². The van der Waals surface area contributed by atoms with E-state index in [1.54, 1.807) is 0 Å². The van der Waals surface area contributed by atoms with Gasteiger partial charge in [-0.3, -0.25) is 4.90 Å². The van der Waals surface area contributed by atoms with Crippen LogP contribution in [-0.2, 0) is 0 Å². The Bertz CT molecular complexity index is 503. The number of phenols is 1. The molecule has 0 aromatic heterocycles. The number of aromatic hydroxyl groups is 1. The summed E-state index contributed by atoms with van der Waals surface area (Å²) < 4.78 is 14.5. The van der Waals surface area contributed by atoms with E-state index in [1.807, 2.05) is 0 Å². The summed E-state index contributed by atoms with van der Waals surface area (Å²) in [5.41, 5.74) is 0.404. The van der Waals surface area contributed by atoms with Crippen molar-refractivity contribution >= 4 is 36.4 Å². The van der Waals surface area contributed by atoms with Gasteiger partial charge in [0.25, 0.3) is 0 Å². The molecule has 2 N–H and O–H groups in total. The molecule has 0 unspecified atom stereocenters. The summed E-state index contributed by atoms with van der Waals surface area (Å²) in [6.45, 7) is 3.58. The fourth-order valence-electron chi connectivity index (χ4n) is 3.96. The SMILES string of the molecule is Cl.Cl.Oc1c(Cl)ccc(F)c1[C@@H](C1CCCCC1)N1CCNCC1. The van der Waals surface area contributed by atoms with Gasteiger partial charge in [-0.25, -0.2) is 4.39 Å². The van der Waals surface area contributed by atoms with E-state index in [9.17, 15) is 9.50 Å². The maximum absolute atomic E-state index is 14.5. The summed E-state index contributed by atoms with van der Waals surface area (Å²) in [5, 5.41) is 14.0. The van der Waals surface area contributed by atoms with Crippen molar-refractivity contribution in [1.29, 1.82) is 0 Å². The molecule has 1 aliphatic heterocycles. The molecule has 2 aliphatic rings. The number of benzene rings is 1. The second kappa shape index (κ2) is 10.0. The van der Waals surface area contributed by atoms with E-state index >= 15 is 0 Å². The summed E-state index contributed by atoms with van der Waals surface area (Å²) in [6.07, 6.45) is 5.83. The van der Waals surface area contributed by atoms with Crippen LogP contribution in [-0.4, -0.2) is 36.2 Å². The van der Waals surface area contributed by atoms with Crippen molar-refractivity contribution in [2.75, 3.05) is 26.2 Å². The number of rotatable bonds is 3. The zero-order valence-corrected chi connectivity index (χ0v) is 16.0. The first kappa shape index (κ1) is 21.8. The number of halogens is 4. The molecule has 7 heteroatoms. The Morgan fingerprint density at radius 3 is 2.38 bits per heavy atom. The first-order valence-corrected chi connectivity index (χ1v) is 8.68. The highest BCUT2D eigenvalue weighted by atomic mass is 35.5. The highest BCUT2D eigenvalue weighted by Gasteiger charge is 2.35. The maximum atomic E-state index is 14.5. The van der Waals surface area contributed by atoms with Gasteiger partial charge in [-0.05, 0) is 30.9 Å². The summed E-state index contributed by atoms with van der Waals surface area (Å²) in [7, 11) is 0. The quantitative estimate of drug-likeness (QED) is 0.782. The van der Waals surface area contributed by atoms with Crippen LogP contribution >= 0.6 is 36.4 Å². The van der Waals surface area contributed by atoms with Crippen LogP contribution in [0.3, 0.4) is 0 Å². The van der Waals surface area contributed by atoms with Crippen LogP contribution in [0, 0.1) is 11.7 Å². The lowest BCUT2D eigenvalue weighted by Gasteiger charge is -2.41. The van der Waals surface area contributed by atoms with Crippen LogP contribution in [0.15, 0.2) is 12.1 Å². The smallest absolute Gasteiger partial charge is 0.141 e. The molecule has 0 radical (unpaired) electrons. The minimum absolute atomic E-state index is 0. The largest absolute Gasteiger partial charge is 0.506 e. The lowest BCUT2D eigenvalue weighted by molar-refractivity contribution is 0.0984. The fraction of sp³-hybridized carbons (Fsp3) is 0.647. The molecule has 0 spiro atoms. The lowest BCUT2D eigenvalue weighted by atomic mass is 9.79. The predicted octanol–water partition coefficient (Wildman–Crippen LogP) is 4.55. The molecule has 24 heavy (non-hydrogen) atoms. The molecule has 3 rings (SSSR count). The van der Waals surface area contributed by atoms with Gasteiger partial charge in [-0.1, -0.05) is 30.9 Å². The van der Waals surface area contributed by atoms with Crippen molar-refractivity contribution in [2.24, 2.45) is 5.92 Å². The molecule has 138 valence electrons. The van der Waals surface area contributed by atoms with Crippen molar-refractivity contribution in [3.8, 4) is 5.75 Å². The van der Waals surface area contributed by atoms with Crippen LogP contribution in [0.2, 0.25) is 5.02 Å².